The van der Waals surface area contributed by atoms with E-state index in [1.807, 2.05) is 21.0 Å². The number of imidazole rings is 1. The molecule has 0 bridgehead atoms. The lowest BCUT2D eigenvalue weighted by Crippen LogP contribution is -2.49. The Morgan fingerprint density at radius 3 is 2.58 bits per heavy atom. The number of halogens is 1. The van der Waals surface area contributed by atoms with Gasteiger partial charge in [-0.25, -0.2) is 19.3 Å². The van der Waals surface area contributed by atoms with E-state index in [1.54, 1.807) is 24.4 Å². The summed E-state index contributed by atoms with van der Waals surface area (Å²) >= 11 is 0. The summed E-state index contributed by atoms with van der Waals surface area (Å²) in [6.07, 6.45) is 2.67. The molecular weight excluding hydrogens is 489 g/mol. The first-order valence-electron chi connectivity index (χ1n) is 12.9. The zero-order chi connectivity index (χ0) is 27.1. The summed E-state index contributed by atoms with van der Waals surface area (Å²) in [6.45, 7) is 6.48. The minimum absolute atomic E-state index is 0.102. The van der Waals surface area contributed by atoms with E-state index in [0.29, 0.717) is 41.0 Å². The molecule has 11 heteroatoms. The summed E-state index contributed by atoms with van der Waals surface area (Å²) < 4.78 is 25.6. The van der Waals surface area contributed by atoms with Gasteiger partial charge in [-0.1, -0.05) is 6.92 Å². The smallest absolute Gasteiger partial charge is 0.230 e. The molecule has 204 valence electrons. The Labute approximate surface area is 222 Å². The average Bonchev–Trinajstić information content (AvgIpc) is 3.36. The number of H-pyrrole nitrogens is 1. The zero-order valence-electron chi connectivity index (χ0n) is 22.4. The van der Waals surface area contributed by atoms with Crippen molar-refractivity contribution >= 4 is 11.9 Å². The third-order valence-electron chi connectivity index (χ3n) is 6.23. The van der Waals surface area contributed by atoms with Crippen molar-refractivity contribution in [1.82, 2.24) is 30.2 Å². The van der Waals surface area contributed by atoms with Crippen LogP contribution in [0.2, 0.25) is 0 Å². The van der Waals surface area contributed by atoms with Crippen molar-refractivity contribution in [2.75, 3.05) is 52.3 Å². The van der Waals surface area contributed by atoms with E-state index in [4.69, 9.17) is 14.5 Å². The van der Waals surface area contributed by atoms with Gasteiger partial charge in [-0.05, 0) is 70.7 Å². The standard InChI is InChI=1S/C27H36FN7O3/c1-5-12-30-26-31-14-11-20(32-26)22-21(18-7-9-19(28)10-8-18)33-23(34-22)24-37-16-27(2,17-38-24)25(36)29-13-6-15-35(3)4/h7-11,14,24H,5-6,12-13,15-17H2,1-4H3,(H,29,36)(H,33,34)(H,30,31,32). The van der Waals surface area contributed by atoms with E-state index >= 15 is 0 Å². The molecule has 1 fully saturated rings. The Morgan fingerprint density at radius 2 is 1.89 bits per heavy atom. The molecule has 38 heavy (non-hydrogen) atoms. The second-order valence-electron chi connectivity index (χ2n) is 9.97. The molecule has 0 spiro atoms. The van der Waals surface area contributed by atoms with Gasteiger partial charge in [0.1, 0.15) is 5.82 Å². The number of ether oxygens (including phenoxy) is 2. The highest BCUT2D eigenvalue weighted by molar-refractivity contribution is 5.82. The number of nitrogens with zero attached hydrogens (tertiary/aromatic N) is 4. The van der Waals surface area contributed by atoms with E-state index in [-0.39, 0.29) is 24.9 Å². The molecule has 4 rings (SSSR count). The van der Waals surface area contributed by atoms with Crippen LogP contribution in [0, 0.1) is 11.2 Å². The first-order chi connectivity index (χ1) is 18.3. The molecule has 1 aliphatic heterocycles. The van der Waals surface area contributed by atoms with Crippen LogP contribution in [0.4, 0.5) is 10.3 Å². The number of rotatable bonds is 11. The highest BCUT2D eigenvalue weighted by Crippen LogP contribution is 2.35. The molecular formula is C27H36FN7O3. The number of aromatic nitrogens is 4. The van der Waals surface area contributed by atoms with Crippen LogP contribution < -0.4 is 10.6 Å². The Bertz CT molecular complexity index is 1210. The molecule has 0 unspecified atom stereocenters. The van der Waals surface area contributed by atoms with Crippen LogP contribution in [0.15, 0.2) is 36.5 Å². The second kappa shape index (κ2) is 12.4. The molecule has 3 heterocycles. The molecule has 0 aliphatic carbocycles. The lowest BCUT2D eigenvalue weighted by Gasteiger charge is -2.35. The van der Waals surface area contributed by atoms with Gasteiger partial charge >= 0.3 is 0 Å². The first kappa shape index (κ1) is 27.6. The van der Waals surface area contributed by atoms with E-state index < -0.39 is 11.7 Å². The lowest BCUT2D eigenvalue weighted by atomic mass is 9.91. The molecule has 1 aliphatic rings. The maximum atomic E-state index is 13.6. The van der Waals surface area contributed by atoms with Crippen LogP contribution in [0.3, 0.4) is 0 Å². The maximum absolute atomic E-state index is 13.6. The molecule has 1 amide bonds. The number of hydrogen-bond donors (Lipinski definition) is 3. The quantitative estimate of drug-likeness (QED) is 0.325. The summed E-state index contributed by atoms with van der Waals surface area (Å²) in [7, 11) is 4.00. The molecule has 10 nitrogen and oxygen atoms in total. The van der Waals surface area contributed by atoms with Gasteiger partial charge < -0.3 is 30.0 Å². The van der Waals surface area contributed by atoms with Gasteiger partial charge in [0.25, 0.3) is 0 Å². The van der Waals surface area contributed by atoms with Crippen molar-refractivity contribution in [3.8, 4) is 22.6 Å². The van der Waals surface area contributed by atoms with Crippen LogP contribution >= 0.6 is 0 Å². The summed E-state index contributed by atoms with van der Waals surface area (Å²) in [5, 5.41) is 6.17. The van der Waals surface area contributed by atoms with Gasteiger partial charge in [0, 0.05) is 24.8 Å². The Morgan fingerprint density at radius 1 is 1.16 bits per heavy atom. The van der Waals surface area contributed by atoms with Gasteiger partial charge in [-0.15, -0.1) is 0 Å². The second-order valence-corrected chi connectivity index (χ2v) is 9.97. The highest BCUT2D eigenvalue weighted by Gasteiger charge is 2.40. The van der Waals surface area contributed by atoms with Gasteiger partial charge in [0.05, 0.1) is 35.7 Å². The normalized spacial score (nSPS) is 19.5. The highest BCUT2D eigenvalue weighted by atomic mass is 19.1. The SMILES string of the molecule is CCCNc1nccc(-c2[nH]c(C3OCC(C)(C(=O)NCCCN(C)C)CO3)nc2-c2ccc(F)cc2)n1. The molecule has 1 saturated heterocycles. The van der Waals surface area contributed by atoms with Gasteiger partial charge in [-0.3, -0.25) is 4.79 Å². The van der Waals surface area contributed by atoms with Crippen molar-refractivity contribution in [2.24, 2.45) is 5.41 Å². The van der Waals surface area contributed by atoms with Crippen LogP contribution in [0.1, 0.15) is 38.8 Å². The number of nitrogens with one attached hydrogen (secondary N) is 3. The fourth-order valence-electron chi connectivity index (χ4n) is 4.03. The van der Waals surface area contributed by atoms with Crippen LogP contribution in [0.5, 0.6) is 0 Å². The number of carbonyl (C=O) groups is 1. The number of benzene rings is 1. The van der Waals surface area contributed by atoms with E-state index in [2.05, 4.69) is 37.4 Å². The monoisotopic (exact) mass is 525 g/mol. The third kappa shape index (κ3) is 6.72. The number of carbonyl (C=O) groups excluding carboxylic acids is 1. The zero-order valence-corrected chi connectivity index (χ0v) is 22.4. The summed E-state index contributed by atoms with van der Waals surface area (Å²) in [4.78, 5) is 31.9. The maximum Gasteiger partial charge on any atom is 0.230 e. The largest absolute Gasteiger partial charge is 0.355 e. The van der Waals surface area contributed by atoms with E-state index in [1.165, 1.54) is 12.1 Å². The molecule has 0 radical (unpaired) electrons. The van der Waals surface area contributed by atoms with Gasteiger partial charge in [0.15, 0.2) is 5.82 Å². The Balaban J connectivity index is 1.53. The molecule has 0 atom stereocenters. The van der Waals surface area contributed by atoms with E-state index in [0.717, 1.165) is 25.9 Å². The van der Waals surface area contributed by atoms with Crippen LogP contribution in [-0.2, 0) is 14.3 Å². The molecule has 1 aromatic carbocycles. The number of aromatic amines is 1. The molecule has 3 N–H and O–H groups in total. The minimum Gasteiger partial charge on any atom is -0.355 e. The number of amides is 1. The summed E-state index contributed by atoms with van der Waals surface area (Å²) in [6, 6.07) is 7.88. The van der Waals surface area contributed by atoms with Crippen LogP contribution in [0.25, 0.3) is 22.6 Å². The van der Waals surface area contributed by atoms with Gasteiger partial charge in [-0.2, -0.15) is 0 Å². The predicted molar refractivity (Wildman–Crippen MR) is 143 cm³/mol. The minimum atomic E-state index is -0.809. The number of anilines is 1. The molecule has 2 aromatic heterocycles. The molecule has 0 saturated carbocycles. The fourth-order valence-corrected chi connectivity index (χ4v) is 4.03. The van der Waals surface area contributed by atoms with Crippen LogP contribution in [-0.4, -0.2) is 77.7 Å². The van der Waals surface area contributed by atoms with Crippen molar-refractivity contribution in [3.05, 3.63) is 48.2 Å². The average molecular weight is 526 g/mol. The lowest BCUT2D eigenvalue weighted by molar-refractivity contribution is -0.231. The Kier molecular flexibility index (Phi) is 9.03. The first-order valence-corrected chi connectivity index (χ1v) is 12.9. The topological polar surface area (TPSA) is 117 Å². The van der Waals surface area contributed by atoms with Crippen molar-refractivity contribution in [1.29, 1.82) is 0 Å². The molecule has 3 aromatic rings. The number of hydrogen-bond acceptors (Lipinski definition) is 8. The van der Waals surface area contributed by atoms with E-state index in [9.17, 15) is 9.18 Å². The Hall–Kier alpha value is -3.41. The summed E-state index contributed by atoms with van der Waals surface area (Å²) in [5.74, 6) is 0.504. The van der Waals surface area contributed by atoms with Crippen molar-refractivity contribution in [2.45, 2.75) is 33.0 Å². The predicted octanol–water partition coefficient (Wildman–Crippen LogP) is 3.61. The van der Waals surface area contributed by atoms with Crippen molar-refractivity contribution < 1.29 is 18.7 Å². The van der Waals surface area contributed by atoms with Gasteiger partial charge in [0.2, 0.25) is 18.1 Å². The third-order valence-corrected chi connectivity index (χ3v) is 6.23. The summed E-state index contributed by atoms with van der Waals surface area (Å²) in [5.41, 5.74) is 1.74. The fraction of sp³-hybridized carbons (Fsp3) is 0.481. The van der Waals surface area contributed by atoms with Crippen molar-refractivity contribution in [3.63, 3.8) is 0 Å².